The fraction of sp³-hybridized carbons (Fsp3) is 0.125. The van der Waals surface area contributed by atoms with Gasteiger partial charge in [-0.1, -0.05) is 12.1 Å². The lowest BCUT2D eigenvalue weighted by Crippen LogP contribution is -1.97. The second-order valence-corrected chi connectivity index (χ2v) is 4.34. The first-order chi connectivity index (χ1) is 9.60. The molecule has 0 spiro atoms. The summed E-state index contributed by atoms with van der Waals surface area (Å²) in [5.41, 5.74) is 1.70. The molecule has 20 heavy (non-hydrogen) atoms. The van der Waals surface area contributed by atoms with Crippen molar-refractivity contribution in [2.75, 3.05) is 0 Å². The van der Waals surface area contributed by atoms with Crippen LogP contribution in [0.4, 0.5) is 0 Å². The van der Waals surface area contributed by atoms with Gasteiger partial charge in [-0.15, -0.1) is 0 Å². The third-order valence-corrected chi connectivity index (χ3v) is 2.81. The van der Waals surface area contributed by atoms with E-state index in [9.17, 15) is 9.90 Å². The van der Waals surface area contributed by atoms with E-state index in [-0.39, 0.29) is 23.7 Å². The third kappa shape index (κ3) is 3.15. The number of nitriles is 1. The van der Waals surface area contributed by atoms with Crippen LogP contribution in [0.5, 0.6) is 11.5 Å². The molecule has 0 heterocycles. The van der Waals surface area contributed by atoms with E-state index in [0.29, 0.717) is 11.3 Å². The van der Waals surface area contributed by atoms with Crippen molar-refractivity contribution in [2.45, 2.75) is 13.5 Å². The maximum atomic E-state index is 11.2. The Morgan fingerprint density at radius 3 is 2.75 bits per heavy atom. The van der Waals surface area contributed by atoms with Crippen LogP contribution in [0.25, 0.3) is 0 Å². The van der Waals surface area contributed by atoms with Gasteiger partial charge in [-0.25, -0.2) is 0 Å². The molecule has 0 atom stereocenters. The number of Topliss-reactive ketones (excluding diaryl/α,β-unsaturated/α-hetero) is 1. The molecule has 0 aromatic heterocycles. The predicted octanol–water partition coefficient (Wildman–Crippen LogP) is 3.05. The lowest BCUT2D eigenvalue weighted by Gasteiger charge is -2.08. The van der Waals surface area contributed by atoms with Crippen molar-refractivity contribution >= 4 is 5.78 Å². The molecule has 0 fully saturated rings. The number of phenolic OH excluding ortho intramolecular Hbond substituents is 1. The van der Waals surface area contributed by atoms with Crippen LogP contribution in [0.15, 0.2) is 42.5 Å². The monoisotopic (exact) mass is 267 g/mol. The van der Waals surface area contributed by atoms with E-state index in [1.165, 1.54) is 19.1 Å². The summed E-state index contributed by atoms with van der Waals surface area (Å²) in [7, 11) is 0. The summed E-state index contributed by atoms with van der Waals surface area (Å²) in [5, 5.41) is 18.5. The Hall–Kier alpha value is -2.80. The topological polar surface area (TPSA) is 70.3 Å². The summed E-state index contributed by atoms with van der Waals surface area (Å²) in [6.45, 7) is 1.68. The lowest BCUT2D eigenvalue weighted by molar-refractivity contribution is 0.101. The highest BCUT2D eigenvalue weighted by atomic mass is 16.5. The normalized spacial score (nSPS) is 9.80. The van der Waals surface area contributed by atoms with Crippen molar-refractivity contribution in [3.8, 4) is 17.6 Å². The molecule has 2 rings (SSSR count). The Labute approximate surface area is 116 Å². The molecular formula is C16H13NO3. The highest BCUT2D eigenvalue weighted by Crippen LogP contribution is 2.24. The van der Waals surface area contributed by atoms with Gasteiger partial charge in [0.1, 0.15) is 18.1 Å². The summed E-state index contributed by atoms with van der Waals surface area (Å²) >= 11 is 0. The minimum absolute atomic E-state index is 0.0965. The number of carbonyl (C=O) groups excluding carboxylic acids is 1. The largest absolute Gasteiger partial charge is 0.507 e. The zero-order valence-electron chi connectivity index (χ0n) is 11.0. The first-order valence-electron chi connectivity index (χ1n) is 6.06. The summed E-state index contributed by atoms with van der Waals surface area (Å²) in [5.74, 6) is 0.173. The second-order valence-electron chi connectivity index (χ2n) is 4.34. The molecule has 0 aliphatic rings. The smallest absolute Gasteiger partial charge is 0.163 e. The maximum absolute atomic E-state index is 11.2. The van der Waals surface area contributed by atoms with Gasteiger partial charge in [0, 0.05) is 6.07 Å². The number of aromatic hydroxyl groups is 1. The van der Waals surface area contributed by atoms with Crippen molar-refractivity contribution < 1.29 is 14.6 Å². The van der Waals surface area contributed by atoms with E-state index in [0.717, 1.165) is 5.56 Å². The number of carbonyl (C=O) groups is 1. The predicted molar refractivity (Wildman–Crippen MR) is 73.6 cm³/mol. The quantitative estimate of drug-likeness (QED) is 0.864. The molecule has 0 saturated carbocycles. The van der Waals surface area contributed by atoms with Crippen LogP contribution in [-0.4, -0.2) is 10.9 Å². The highest BCUT2D eigenvalue weighted by Gasteiger charge is 2.07. The second kappa shape index (κ2) is 5.89. The van der Waals surface area contributed by atoms with Crippen LogP contribution in [0.2, 0.25) is 0 Å². The van der Waals surface area contributed by atoms with Crippen LogP contribution >= 0.6 is 0 Å². The van der Waals surface area contributed by atoms with Crippen LogP contribution in [0.1, 0.15) is 28.4 Å². The molecule has 1 N–H and O–H groups in total. The van der Waals surface area contributed by atoms with Gasteiger partial charge in [-0.05, 0) is 36.8 Å². The van der Waals surface area contributed by atoms with Gasteiger partial charge in [-0.2, -0.15) is 5.26 Å². The average molecular weight is 267 g/mol. The maximum Gasteiger partial charge on any atom is 0.163 e. The van der Waals surface area contributed by atoms with E-state index >= 15 is 0 Å². The van der Waals surface area contributed by atoms with Gasteiger partial charge in [0.05, 0.1) is 17.2 Å². The van der Waals surface area contributed by atoms with Crippen molar-refractivity contribution in [3.05, 3.63) is 59.2 Å². The highest BCUT2D eigenvalue weighted by molar-refractivity contribution is 5.96. The van der Waals surface area contributed by atoms with Gasteiger partial charge < -0.3 is 9.84 Å². The molecule has 0 aliphatic carbocycles. The first kappa shape index (κ1) is 13.6. The number of hydrogen-bond acceptors (Lipinski definition) is 4. The Kier molecular flexibility index (Phi) is 4.02. The molecule has 100 valence electrons. The molecule has 0 saturated heterocycles. The Morgan fingerprint density at radius 2 is 2.10 bits per heavy atom. The molecule has 0 radical (unpaired) electrons. The minimum Gasteiger partial charge on any atom is -0.507 e. The number of rotatable bonds is 4. The van der Waals surface area contributed by atoms with Gasteiger partial charge in [-0.3, -0.25) is 4.79 Å². The summed E-state index contributed by atoms with van der Waals surface area (Å²) in [6, 6.07) is 13.7. The van der Waals surface area contributed by atoms with Crippen LogP contribution < -0.4 is 4.74 Å². The number of nitrogens with zero attached hydrogens (tertiary/aromatic N) is 1. The van der Waals surface area contributed by atoms with E-state index in [2.05, 4.69) is 6.07 Å². The van der Waals surface area contributed by atoms with Gasteiger partial charge in [0.2, 0.25) is 0 Å². The molecule has 2 aromatic carbocycles. The zero-order chi connectivity index (χ0) is 14.5. The number of benzene rings is 2. The summed E-state index contributed by atoms with van der Waals surface area (Å²) < 4.78 is 5.53. The summed E-state index contributed by atoms with van der Waals surface area (Å²) in [4.78, 5) is 11.2. The SMILES string of the molecule is CC(=O)c1ccc(OCc2cccc(C#N)c2)cc1O. The standard InChI is InChI=1S/C16H13NO3/c1-11(18)15-6-5-14(8-16(15)19)20-10-13-4-2-3-12(7-13)9-17/h2-8,19H,10H2,1H3. The van der Waals surface area contributed by atoms with E-state index in [4.69, 9.17) is 10.00 Å². The Balaban J connectivity index is 2.09. The van der Waals surface area contributed by atoms with Crippen molar-refractivity contribution in [2.24, 2.45) is 0 Å². The van der Waals surface area contributed by atoms with E-state index < -0.39 is 0 Å². The van der Waals surface area contributed by atoms with E-state index in [1.807, 2.05) is 6.07 Å². The first-order valence-corrected chi connectivity index (χ1v) is 6.06. The average Bonchev–Trinajstić information content (AvgIpc) is 2.45. The van der Waals surface area contributed by atoms with Crippen molar-refractivity contribution in [3.63, 3.8) is 0 Å². The Morgan fingerprint density at radius 1 is 1.30 bits per heavy atom. The molecule has 2 aromatic rings. The fourth-order valence-electron chi connectivity index (χ4n) is 1.80. The van der Waals surface area contributed by atoms with Crippen LogP contribution in [0.3, 0.4) is 0 Å². The van der Waals surface area contributed by atoms with Crippen molar-refractivity contribution in [1.29, 1.82) is 5.26 Å². The van der Waals surface area contributed by atoms with Gasteiger partial charge >= 0.3 is 0 Å². The van der Waals surface area contributed by atoms with Crippen LogP contribution in [-0.2, 0) is 6.61 Å². The van der Waals surface area contributed by atoms with Gasteiger partial charge in [0.25, 0.3) is 0 Å². The number of ketones is 1. The zero-order valence-corrected chi connectivity index (χ0v) is 11.0. The van der Waals surface area contributed by atoms with E-state index in [1.54, 1.807) is 24.3 Å². The molecule has 4 heteroatoms. The number of phenols is 1. The number of ether oxygens (including phenoxy) is 1. The minimum atomic E-state index is -0.198. The molecule has 4 nitrogen and oxygen atoms in total. The van der Waals surface area contributed by atoms with Crippen LogP contribution in [0, 0.1) is 11.3 Å². The summed E-state index contributed by atoms with van der Waals surface area (Å²) in [6.07, 6.45) is 0. The molecule has 0 aliphatic heterocycles. The molecule has 0 bridgehead atoms. The van der Waals surface area contributed by atoms with Crippen molar-refractivity contribution in [1.82, 2.24) is 0 Å². The molecule has 0 amide bonds. The van der Waals surface area contributed by atoms with Gasteiger partial charge in [0.15, 0.2) is 5.78 Å². The Bertz CT molecular complexity index is 686. The third-order valence-electron chi connectivity index (χ3n) is 2.81. The number of hydrogen-bond donors (Lipinski definition) is 1. The molecular weight excluding hydrogens is 254 g/mol. The molecule has 0 unspecified atom stereocenters. The lowest BCUT2D eigenvalue weighted by atomic mass is 10.1. The fourth-order valence-corrected chi connectivity index (χ4v) is 1.80.